The molecule has 2 saturated heterocycles. The van der Waals surface area contributed by atoms with Crippen LogP contribution in [-0.4, -0.2) is 140 Å². The van der Waals surface area contributed by atoms with Gasteiger partial charge in [-0.1, -0.05) is 245 Å². The quantitative estimate of drug-likeness (QED) is 0.0259. The van der Waals surface area contributed by atoms with E-state index in [1.807, 2.05) is 0 Å². The van der Waals surface area contributed by atoms with Crippen molar-refractivity contribution in [3.05, 3.63) is 0 Å². The fourth-order valence-electron chi connectivity index (χ4n) is 10.2. The lowest BCUT2D eigenvalue weighted by atomic mass is 9.97. The van der Waals surface area contributed by atoms with Crippen molar-refractivity contribution in [3.63, 3.8) is 0 Å². The molecule has 2 fully saturated rings. The number of hydrogen-bond acceptors (Lipinski definition) is 13. The highest BCUT2D eigenvalue weighted by Gasteiger charge is 2.51. The van der Waals surface area contributed by atoms with Crippen LogP contribution in [-0.2, 0) is 23.7 Å². The van der Waals surface area contributed by atoms with E-state index in [0.717, 1.165) is 57.8 Å². The number of aliphatic hydroxyl groups excluding tert-OH is 8. The normalized spacial score (nSPS) is 25.7. The summed E-state index contributed by atoms with van der Waals surface area (Å²) in [5.74, 6) is -0.213. The molecule has 2 rings (SSSR count). The van der Waals surface area contributed by atoms with Crippen molar-refractivity contribution in [2.75, 3.05) is 19.8 Å². The molecule has 0 aromatic carbocycles. The molecular weight excluding hydrogens is 907 g/mol. The van der Waals surface area contributed by atoms with Crippen LogP contribution in [0, 0.1) is 0 Å². The highest BCUT2D eigenvalue weighted by Crippen LogP contribution is 2.30. The van der Waals surface area contributed by atoms with E-state index >= 15 is 0 Å². The van der Waals surface area contributed by atoms with E-state index in [1.54, 1.807) is 0 Å². The molecule has 71 heavy (non-hydrogen) atoms. The third-order valence-electron chi connectivity index (χ3n) is 15.1. The molecular formula is C57H111NO13. The molecule has 0 aromatic heterocycles. The van der Waals surface area contributed by atoms with Gasteiger partial charge < -0.3 is 65.1 Å². The summed E-state index contributed by atoms with van der Waals surface area (Å²) in [5, 5.41) is 86.8. The van der Waals surface area contributed by atoms with Crippen molar-refractivity contribution in [2.45, 2.75) is 338 Å². The average Bonchev–Trinajstić information content (AvgIpc) is 3.37. The number of nitrogens with one attached hydrogen (secondary N) is 1. The van der Waals surface area contributed by atoms with Gasteiger partial charge in [0.05, 0.1) is 32.0 Å². The van der Waals surface area contributed by atoms with Gasteiger partial charge in [-0.2, -0.15) is 0 Å². The molecule has 0 bridgehead atoms. The van der Waals surface area contributed by atoms with Crippen molar-refractivity contribution in [2.24, 2.45) is 0 Å². The average molecular weight is 1020 g/mol. The van der Waals surface area contributed by atoms with E-state index < -0.39 is 86.8 Å². The van der Waals surface area contributed by atoms with Crippen LogP contribution in [0.3, 0.4) is 0 Å². The first-order chi connectivity index (χ1) is 34.6. The Balaban J connectivity index is 1.57. The lowest BCUT2D eigenvalue weighted by Gasteiger charge is -2.46. The standard InChI is InChI=1S/C57H111NO13/c1-3-5-7-9-11-12-13-14-15-16-17-18-19-20-21-22-23-24-25-26-27-28-29-30-31-32-33-34-35-36-38-40-46(61)45(58-49(62)41-39-37-10-8-6-4-2)44-68-56-54(67)52(65)55(48(43-60)70-56)71-57-53(66)51(64)50(63)47(42-59)69-57/h45-48,50-57,59-61,63-67H,3-44H2,1-2H3,(H,58,62). The van der Waals surface area contributed by atoms with Gasteiger partial charge in [-0.05, 0) is 12.8 Å². The predicted octanol–water partition coefficient (Wildman–Crippen LogP) is 9.73. The fourth-order valence-corrected chi connectivity index (χ4v) is 10.2. The molecule has 14 heteroatoms. The minimum atomic E-state index is -1.78. The molecule has 0 spiro atoms. The highest BCUT2D eigenvalue weighted by molar-refractivity contribution is 5.76. The summed E-state index contributed by atoms with van der Waals surface area (Å²) in [5.41, 5.74) is 0. The summed E-state index contributed by atoms with van der Waals surface area (Å²) in [6, 6.07) is -0.820. The number of rotatable bonds is 48. The molecule has 2 aliphatic heterocycles. The predicted molar refractivity (Wildman–Crippen MR) is 282 cm³/mol. The molecule has 422 valence electrons. The third-order valence-corrected chi connectivity index (χ3v) is 15.1. The van der Waals surface area contributed by atoms with Gasteiger partial charge in [0.2, 0.25) is 5.91 Å². The number of carbonyl (C=O) groups is 1. The van der Waals surface area contributed by atoms with Gasteiger partial charge in [0.15, 0.2) is 12.6 Å². The monoisotopic (exact) mass is 1020 g/mol. The number of hydrogen-bond donors (Lipinski definition) is 9. The van der Waals surface area contributed by atoms with Gasteiger partial charge in [0, 0.05) is 6.42 Å². The molecule has 2 heterocycles. The molecule has 0 aliphatic carbocycles. The zero-order chi connectivity index (χ0) is 51.7. The molecule has 0 saturated carbocycles. The van der Waals surface area contributed by atoms with Gasteiger partial charge in [-0.25, -0.2) is 0 Å². The van der Waals surface area contributed by atoms with Crippen LogP contribution in [0.1, 0.15) is 264 Å². The van der Waals surface area contributed by atoms with Gasteiger partial charge >= 0.3 is 0 Å². The number of amides is 1. The highest BCUT2D eigenvalue weighted by atomic mass is 16.7. The molecule has 1 amide bonds. The Kier molecular flexibility index (Phi) is 41.1. The van der Waals surface area contributed by atoms with E-state index in [2.05, 4.69) is 19.2 Å². The van der Waals surface area contributed by atoms with Gasteiger partial charge in [0.1, 0.15) is 48.8 Å². The number of aliphatic hydroxyl groups is 8. The maximum atomic E-state index is 13.0. The first-order valence-electron chi connectivity index (χ1n) is 29.8. The first kappa shape index (κ1) is 66.1. The Morgan fingerprint density at radius 2 is 0.803 bits per heavy atom. The van der Waals surface area contributed by atoms with Gasteiger partial charge in [-0.15, -0.1) is 0 Å². The third kappa shape index (κ3) is 30.4. The topological polar surface area (TPSA) is 228 Å². The molecule has 9 N–H and O–H groups in total. The number of unbranched alkanes of at least 4 members (excludes halogenated alkanes) is 35. The largest absolute Gasteiger partial charge is 0.394 e. The maximum absolute atomic E-state index is 13.0. The second-order valence-electron chi connectivity index (χ2n) is 21.5. The van der Waals surface area contributed by atoms with Crippen LogP contribution in [0.15, 0.2) is 0 Å². The fraction of sp³-hybridized carbons (Fsp3) is 0.982. The zero-order valence-electron chi connectivity index (χ0n) is 45.2. The van der Waals surface area contributed by atoms with Crippen LogP contribution in [0.25, 0.3) is 0 Å². The van der Waals surface area contributed by atoms with E-state index in [4.69, 9.17) is 18.9 Å². The Morgan fingerprint density at radius 1 is 0.451 bits per heavy atom. The zero-order valence-corrected chi connectivity index (χ0v) is 45.2. The van der Waals surface area contributed by atoms with Crippen LogP contribution >= 0.6 is 0 Å². The van der Waals surface area contributed by atoms with Crippen LogP contribution < -0.4 is 5.32 Å². The Morgan fingerprint density at radius 3 is 1.20 bits per heavy atom. The van der Waals surface area contributed by atoms with Crippen molar-refractivity contribution < 1.29 is 64.6 Å². The van der Waals surface area contributed by atoms with E-state index in [0.29, 0.717) is 12.8 Å². The smallest absolute Gasteiger partial charge is 0.220 e. The van der Waals surface area contributed by atoms with E-state index in [-0.39, 0.29) is 12.5 Å². The van der Waals surface area contributed by atoms with Crippen molar-refractivity contribution in [1.29, 1.82) is 0 Å². The SMILES string of the molecule is CCCCCCCCCCCCCCCCCCCCCCCCCCCCCCCCCC(O)C(COC1OC(CO)C(OC2OC(CO)C(O)C(O)C2O)C(O)C1O)NC(=O)CCCCCCCC. The van der Waals surface area contributed by atoms with Crippen molar-refractivity contribution in [3.8, 4) is 0 Å². The summed E-state index contributed by atoms with van der Waals surface area (Å²) in [7, 11) is 0. The Bertz CT molecular complexity index is 1200. The van der Waals surface area contributed by atoms with E-state index in [1.165, 1.54) is 180 Å². The second kappa shape index (κ2) is 44.2. The van der Waals surface area contributed by atoms with Gasteiger partial charge in [-0.3, -0.25) is 4.79 Å². The molecule has 14 nitrogen and oxygen atoms in total. The minimum Gasteiger partial charge on any atom is -0.394 e. The van der Waals surface area contributed by atoms with E-state index in [9.17, 15) is 45.6 Å². The summed E-state index contributed by atoms with van der Waals surface area (Å²) in [6.07, 6.45) is 31.8. The van der Waals surface area contributed by atoms with Gasteiger partial charge in [0.25, 0.3) is 0 Å². The summed E-state index contributed by atoms with van der Waals surface area (Å²) < 4.78 is 22.7. The van der Waals surface area contributed by atoms with Crippen LogP contribution in [0.4, 0.5) is 0 Å². The number of ether oxygens (including phenoxy) is 4. The van der Waals surface area contributed by atoms with Crippen molar-refractivity contribution in [1.82, 2.24) is 5.32 Å². The van der Waals surface area contributed by atoms with Crippen LogP contribution in [0.2, 0.25) is 0 Å². The minimum absolute atomic E-state index is 0.213. The molecule has 2 aliphatic rings. The molecule has 12 unspecified atom stereocenters. The summed E-state index contributed by atoms with van der Waals surface area (Å²) >= 11 is 0. The lowest BCUT2D eigenvalue weighted by molar-refractivity contribution is -0.359. The summed E-state index contributed by atoms with van der Waals surface area (Å²) in [6.45, 7) is 2.81. The number of carbonyl (C=O) groups excluding carboxylic acids is 1. The first-order valence-corrected chi connectivity index (χ1v) is 29.8. The summed E-state index contributed by atoms with van der Waals surface area (Å²) in [4.78, 5) is 13.0. The Labute approximate surface area is 432 Å². The second-order valence-corrected chi connectivity index (χ2v) is 21.5. The molecule has 0 radical (unpaired) electrons. The van der Waals surface area contributed by atoms with Crippen molar-refractivity contribution >= 4 is 5.91 Å². The molecule has 0 aromatic rings. The maximum Gasteiger partial charge on any atom is 0.220 e. The lowest BCUT2D eigenvalue weighted by Crippen LogP contribution is -2.65. The molecule has 12 atom stereocenters. The Hall–Kier alpha value is -1.01. The van der Waals surface area contributed by atoms with Crippen LogP contribution in [0.5, 0.6) is 0 Å².